The molecule has 0 aliphatic heterocycles. The van der Waals surface area contributed by atoms with Crippen LogP contribution in [0.15, 0.2) is 17.1 Å². The molecule has 1 aliphatic carbocycles. The van der Waals surface area contributed by atoms with E-state index < -0.39 is 36.3 Å². The van der Waals surface area contributed by atoms with E-state index >= 15 is 0 Å². The number of halogens is 2. The number of quaternary nitrogens is 1. The van der Waals surface area contributed by atoms with Crippen molar-refractivity contribution >= 4 is 5.82 Å². The molecule has 1 aliphatic rings. The van der Waals surface area contributed by atoms with Gasteiger partial charge in [0.05, 0.1) is 21.1 Å². The number of nitrogens with one attached hydrogen (secondary N) is 1. The standard InChI is InChI=1S/C13H20F2N4O3/c1-19(2,3)17-10-4-5-18(12(22)16-10)9-6-8(7-20)11(21)13(9,14)15/h4-5,8-9,11,20-21H,6-7H2,1-3H3/p+1. The number of rotatable bonds is 4. The van der Waals surface area contributed by atoms with Crippen molar-refractivity contribution in [2.24, 2.45) is 5.92 Å². The highest BCUT2D eigenvalue weighted by molar-refractivity contribution is 5.28. The average Bonchev–Trinajstić information content (AvgIpc) is 2.60. The van der Waals surface area contributed by atoms with E-state index in [1.807, 2.05) is 21.1 Å². The van der Waals surface area contributed by atoms with Gasteiger partial charge in [-0.05, 0) is 6.42 Å². The fraction of sp³-hybridized carbons (Fsp3) is 0.692. The lowest BCUT2D eigenvalue weighted by Crippen LogP contribution is -2.43. The minimum Gasteiger partial charge on any atom is -0.396 e. The molecule has 1 aromatic heterocycles. The van der Waals surface area contributed by atoms with Crippen molar-refractivity contribution in [2.45, 2.75) is 24.5 Å². The molecular weight excluding hydrogens is 298 g/mol. The minimum absolute atomic E-state index is 0.186. The summed E-state index contributed by atoms with van der Waals surface area (Å²) in [5.74, 6) is -4.18. The number of hydrogen-bond donors (Lipinski definition) is 3. The van der Waals surface area contributed by atoms with Gasteiger partial charge in [0.15, 0.2) is 5.82 Å². The zero-order valence-electron chi connectivity index (χ0n) is 12.7. The summed E-state index contributed by atoms with van der Waals surface area (Å²) in [6.45, 7) is -0.559. The summed E-state index contributed by atoms with van der Waals surface area (Å²) in [5.41, 5.74) is 2.10. The molecule has 0 bridgehead atoms. The van der Waals surface area contributed by atoms with Crippen LogP contribution in [0.2, 0.25) is 0 Å². The first kappa shape index (κ1) is 16.8. The topological polar surface area (TPSA) is 87.4 Å². The molecular formula is C13H21F2N4O3+. The quantitative estimate of drug-likeness (QED) is 0.530. The van der Waals surface area contributed by atoms with Gasteiger partial charge in [0, 0.05) is 24.8 Å². The van der Waals surface area contributed by atoms with E-state index in [9.17, 15) is 18.7 Å². The number of alkyl halides is 2. The van der Waals surface area contributed by atoms with E-state index in [1.165, 1.54) is 12.3 Å². The molecule has 0 radical (unpaired) electrons. The second-order valence-electron chi connectivity index (χ2n) is 6.44. The molecule has 7 nitrogen and oxygen atoms in total. The van der Waals surface area contributed by atoms with E-state index in [4.69, 9.17) is 5.11 Å². The summed E-state index contributed by atoms with van der Waals surface area (Å²) >= 11 is 0. The first-order valence-electron chi connectivity index (χ1n) is 6.92. The van der Waals surface area contributed by atoms with E-state index in [0.29, 0.717) is 4.59 Å². The molecule has 2 rings (SSSR count). The van der Waals surface area contributed by atoms with Crippen molar-refractivity contribution in [3.05, 3.63) is 22.7 Å². The van der Waals surface area contributed by atoms with Crippen molar-refractivity contribution in [1.29, 1.82) is 0 Å². The molecule has 3 atom stereocenters. The smallest absolute Gasteiger partial charge is 0.350 e. The summed E-state index contributed by atoms with van der Waals surface area (Å²) in [6.07, 6.45) is -0.925. The Balaban J connectivity index is 2.32. The molecule has 0 spiro atoms. The fourth-order valence-electron chi connectivity index (χ4n) is 2.61. The highest BCUT2D eigenvalue weighted by atomic mass is 19.3. The van der Waals surface area contributed by atoms with Gasteiger partial charge in [0.2, 0.25) is 0 Å². The second-order valence-corrected chi connectivity index (χ2v) is 6.44. The van der Waals surface area contributed by atoms with Gasteiger partial charge in [-0.15, -0.1) is 0 Å². The van der Waals surface area contributed by atoms with E-state index in [2.05, 4.69) is 10.4 Å². The van der Waals surface area contributed by atoms with Crippen molar-refractivity contribution in [3.63, 3.8) is 0 Å². The van der Waals surface area contributed by atoms with E-state index in [1.54, 1.807) is 0 Å². The van der Waals surface area contributed by atoms with Crippen LogP contribution in [0.25, 0.3) is 0 Å². The third-order valence-electron chi connectivity index (χ3n) is 3.66. The Bertz CT molecular complexity index is 600. The molecule has 3 N–H and O–H groups in total. The van der Waals surface area contributed by atoms with Crippen LogP contribution in [0.3, 0.4) is 0 Å². The molecule has 1 saturated carbocycles. The van der Waals surface area contributed by atoms with Crippen molar-refractivity contribution in [3.8, 4) is 0 Å². The van der Waals surface area contributed by atoms with Crippen LogP contribution in [-0.2, 0) is 0 Å². The number of aromatic nitrogens is 2. The highest BCUT2D eigenvalue weighted by Gasteiger charge is 2.57. The molecule has 22 heavy (non-hydrogen) atoms. The number of aliphatic hydroxyl groups is 2. The molecule has 1 heterocycles. The lowest BCUT2D eigenvalue weighted by Gasteiger charge is -2.25. The van der Waals surface area contributed by atoms with Crippen LogP contribution in [0, 0.1) is 5.92 Å². The van der Waals surface area contributed by atoms with E-state index in [0.717, 1.165) is 4.57 Å². The summed E-state index contributed by atoms with van der Waals surface area (Å²) < 4.78 is 29.3. The Kier molecular flexibility index (Phi) is 4.24. The second kappa shape index (κ2) is 5.56. The Morgan fingerprint density at radius 2 is 2.14 bits per heavy atom. The van der Waals surface area contributed by atoms with Gasteiger partial charge in [0.1, 0.15) is 12.1 Å². The van der Waals surface area contributed by atoms with Crippen molar-refractivity contribution in [2.75, 3.05) is 33.2 Å². The maximum absolute atomic E-state index is 14.1. The third kappa shape index (κ3) is 3.11. The van der Waals surface area contributed by atoms with Crippen LogP contribution >= 0.6 is 0 Å². The van der Waals surface area contributed by atoms with Crippen LogP contribution in [-0.4, -0.2) is 64.1 Å². The SMILES string of the molecule is C[N+](C)(C)Nc1ccn(C2CC(CO)C(O)C2(F)F)c(=O)n1. The number of nitrogens with zero attached hydrogens (tertiary/aromatic N) is 3. The molecule has 0 amide bonds. The summed E-state index contributed by atoms with van der Waals surface area (Å²) in [7, 11) is 5.46. The van der Waals surface area contributed by atoms with Gasteiger partial charge in [-0.2, -0.15) is 4.98 Å². The monoisotopic (exact) mass is 319 g/mol. The summed E-state index contributed by atoms with van der Waals surface area (Å²) in [4.78, 5) is 15.8. The number of hydrogen-bond acceptors (Lipinski definition) is 5. The zero-order valence-corrected chi connectivity index (χ0v) is 12.7. The predicted molar refractivity (Wildman–Crippen MR) is 75.3 cm³/mol. The van der Waals surface area contributed by atoms with Crippen LogP contribution in [0.1, 0.15) is 12.5 Å². The molecule has 124 valence electrons. The lowest BCUT2D eigenvalue weighted by molar-refractivity contribution is -0.848. The average molecular weight is 319 g/mol. The van der Waals surface area contributed by atoms with Gasteiger partial charge in [0.25, 0.3) is 5.92 Å². The third-order valence-corrected chi connectivity index (χ3v) is 3.66. The number of anilines is 1. The normalized spacial score (nSPS) is 27.9. The molecule has 1 fully saturated rings. The van der Waals surface area contributed by atoms with Gasteiger partial charge >= 0.3 is 5.69 Å². The Morgan fingerprint density at radius 1 is 1.50 bits per heavy atom. The summed E-state index contributed by atoms with van der Waals surface area (Å²) in [5, 5.41) is 18.7. The molecule has 0 saturated heterocycles. The largest absolute Gasteiger partial charge is 0.396 e. The molecule has 1 aromatic rings. The van der Waals surface area contributed by atoms with Crippen LogP contribution < -0.4 is 11.1 Å². The number of aliphatic hydroxyl groups excluding tert-OH is 2. The highest BCUT2D eigenvalue weighted by Crippen LogP contribution is 2.46. The maximum Gasteiger partial charge on any atom is 0.350 e. The Labute approximate surface area is 126 Å². The Morgan fingerprint density at radius 3 is 2.59 bits per heavy atom. The Hall–Kier alpha value is -1.58. The van der Waals surface area contributed by atoms with Crippen LogP contribution in [0.5, 0.6) is 0 Å². The van der Waals surface area contributed by atoms with Gasteiger partial charge < -0.3 is 10.2 Å². The summed E-state index contributed by atoms with van der Waals surface area (Å²) in [6, 6.07) is -0.0857. The van der Waals surface area contributed by atoms with Crippen molar-refractivity contribution < 1.29 is 23.6 Å². The lowest BCUT2D eigenvalue weighted by atomic mass is 10.1. The zero-order chi connectivity index (χ0) is 16.7. The first-order chi connectivity index (χ1) is 10.1. The first-order valence-corrected chi connectivity index (χ1v) is 6.92. The maximum atomic E-state index is 14.1. The van der Waals surface area contributed by atoms with Crippen LogP contribution in [0.4, 0.5) is 14.6 Å². The molecule has 0 aromatic carbocycles. The molecule has 3 unspecified atom stereocenters. The fourth-order valence-corrected chi connectivity index (χ4v) is 2.61. The van der Waals surface area contributed by atoms with Gasteiger partial charge in [-0.1, -0.05) is 0 Å². The van der Waals surface area contributed by atoms with E-state index in [-0.39, 0.29) is 12.2 Å². The van der Waals surface area contributed by atoms with Crippen molar-refractivity contribution in [1.82, 2.24) is 9.55 Å². The predicted octanol–water partition coefficient (Wildman–Crippen LogP) is -0.174. The van der Waals surface area contributed by atoms with Gasteiger partial charge in [-0.25, -0.2) is 23.6 Å². The molecule has 9 heteroatoms. The van der Waals surface area contributed by atoms with Gasteiger partial charge in [-0.3, -0.25) is 4.57 Å². The minimum atomic E-state index is -3.49.